The van der Waals surface area contributed by atoms with Gasteiger partial charge in [-0.05, 0) is 12.1 Å². The first kappa shape index (κ1) is 12.7. The molecule has 0 saturated carbocycles. The molecule has 4 nitrogen and oxygen atoms in total. The zero-order chi connectivity index (χ0) is 12.7. The third kappa shape index (κ3) is 4.34. The zero-order valence-corrected chi connectivity index (χ0v) is 8.90. The van der Waals surface area contributed by atoms with Gasteiger partial charge in [-0.15, -0.1) is 6.42 Å². The quantitative estimate of drug-likeness (QED) is 0.605. The van der Waals surface area contributed by atoms with Gasteiger partial charge >= 0.3 is 0 Å². The van der Waals surface area contributed by atoms with Crippen molar-refractivity contribution in [2.75, 3.05) is 13.2 Å². The van der Waals surface area contributed by atoms with E-state index in [4.69, 9.17) is 11.2 Å². The molecular weight excluding hydrogens is 225 g/mol. The Morgan fingerprint density at radius 1 is 1.53 bits per heavy atom. The molecule has 0 aliphatic carbocycles. The summed E-state index contributed by atoms with van der Waals surface area (Å²) in [7, 11) is 0. The van der Waals surface area contributed by atoms with Crippen LogP contribution in [-0.2, 0) is 4.79 Å². The number of hydrogen-bond donors (Lipinski definition) is 1. The largest absolute Gasteiger partial charge is 0.484 e. The first-order chi connectivity index (χ1) is 8.15. The van der Waals surface area contributed by atoms with Crippen LogP contribution in [0.2, 0.25) is 0 Å². The number of hydrogen-bond acceptors (Lipinski definition) is 3. The van der Waals surface area contributed by atoms with E-state index < -0.39 is 11.7 Å². The van der Waals surface area contributed by atoms with Crippen molar-refractivity contribution in [2.24, 2.45) is 0 Å². The lowest BCUT2D eigenvalue weighted by Crippen LogP contribution is -2.29. The van der Waals surface area contributed by atoms with Crippen LogP contribution >= 0.6 is 0 Å². The highest BCUT2D eigenvalue weighted by Gasteiger charge is 2.04. The number of halogens is 1. The van der Waals surface area contributed by atoms with Gasteiger partial charge < -0.3 is 10.1 Å². The van der Waals surface area contributed by atoms with Crippen LogP contribution in [0.4, 0.5) is 4.39 Å². The van der Waals surface area contributed by atoms with Crippen molar-refractivity contribution in [2.45, 2.75) is 0 Å². The molecule has 0 bridgehead atoms. The molecule has 17 heavy (non-hydrogen) atoms. The summed E-state index contributed by atoms with van der Waals surface area (Å²) in [6.45, 7) is -0.186. The van der Waals surface area contributed by atoms with E-state index in [-0.39, 0.29) is 24.5 Å². The average Bonchev–Trinajstić information content (AvgIpc) is 2.33. The Bertz CT molecular complexity index is 465. The van der Waals surface area contributed by atoms with E-state index in [2.05, 4.69) is 11.2 Å². The molecule has 0 heterocycles. The van der Waals surface area contributed by atoms with Crippen molar-refractivity contribution in [3.05, 3.63) is 29.6 Å². The molecule has 1 amide bonds. The molecule has 0 fully saturated rings. The highest BCUT2D eigenvalue weighted by molar-refractivity contribution is 5.78. The number of amides is 1. The Labute approximate surface area is 97.8 Å². The van der Waals surface area contributed by atoms with E-state index >= 15 is 0 Å². The fourth-order valence-corrected chi connectivity index (χ4v) is 1.09. The summed E-state index contributed by atoms with van der Waals surface area (Å²) in [5, 5.41) is 2.38. The first-order valence-electron chi connectivity index (χ1n) is 4.74. The topological polar surface area (TPSA) is 55.4 Å². The number of rotatable bonds is 5. The smallest absolute Gasteiger partial charge is 0.258 e. The zero-order valence-electron chi connectivity index (χ0n) is 8.90. The molecule has 1 N–H and O–H groups in total. The predicted molar refractivity (Wildman–Crippen MR) is 59.1 cm³/mol. The number of nitrogens with one attached hydrogen (secondary N) is 1. The van der Waals surface area contributed by atoms with Gasteiger partial charge in [0.05, 0.1) is 6.54 Å². The van der Waals surface area contributed by atoms with Gasteiger partial charge in [-0.3, -0.25) is 9.59 Å². The normalized spacial score (nSPS) is 9.18. The van der Waals surface area contributed by atoms with Gasteiger partial charge in [-0.1, -0.05) is 5.92 Å². The second kappa shape index (κ2) is 6.28. The Kier molecular flexibility index (Phi) is 4.70. The third-order valence-corrected chi connectivity index (χ3v) is 1.79. The summed E-state index contributed by atoms with van der Waals surface area (Å²) in [6.07, 6.45) is 5.44. The Morgan fingerprint density at radius 2 is 2.29 bits per heavy atom. The minimum absolute atomic E-state index is 0.102. The van der Waals surface area contributed by atoms with Crippen LogP contribution in [0, 0.1) is 18.2 Å². The van der Waals surface area contributed by atoms with Crippen LogP contribution in [0.5, 0.6) is 5.75 Å². The lowest BCUT2D eigenvalue weighted by Gasteiger charge is -2.06. The van der Waals surface area contributed by atoms with Crippen molar-refractivity contribution in [3.8, 4) is 18.1 Å². The van der Waals surface area contributed by atoms with E-state index in [1.54, 1.807) is 0 Å². The van der Waals surface area contributed by atoms with Gasteiger partial charge in [-0.2, -0.15) is 0 Å². The number of benzene rings is 1. The lowest BCUT2D eigenvalue weighted by atomic mass is 10.2. The van der Waals surface area contributed by atoms with Crippen LogP contribution in [0.25, 0.3) is 0 Å². The molecule has 88 valence electrons. The standard InChI is InChI=1S/C12H10FNO3/c1-2-3-14-12(16)8-17-11-5-9(7-15)4-10(13)6-11/h1,4-7H,3,8H2,(H,14,16). The summed E-state index contributed by atoms with van der Waals surface area (Å²) < 4.78 is 18.0. The third-order valence-electron chi connectivity index (χ3n) is 1.79. The fraction of sp³-hybridized carbons (Fsp3) is 0.167. The molecule has 0 saturated heterocycles. The summed E-state index contributed by atoms with van der Waals surface area (Å²) in [5.74, 6) is 1.32. The maximum absolute atomic E-state index is 13.0. The van der Waals surface area contributed by atoms with E-state index in [0.29, 0.717) is 6.29 Å². The first-order valence-corrected chi connectivity index (χ1v) is 4.74. The minimum atomic E-state index is -0.603. The number of ether oxygens (including phenoxy) is 1. The highest BCUT2D eigenvalue weighted by Crippen LogP contribution is 2.15. The van der Waals surface area contributed by atoms with Gasteiger partial charge in [0, 0.05) is 11.6 Å². The van der Waals surface area contributed by atoms with Crippen LogP contribution in [-0.4, -0.2) is 25.3 Å². The number of terminal acetylenes is 1. The molecular formula is C12H10FNO3. The van der Waals surface area contributed by atoms with Crippen LogP contribution < -0.4 is 10.1 Å². The Hall–Kier alpha value is -2.35. The maximum Gasteiger partial charge on any atom is 0.258 e. The average molecular weight is 235 g/mol. The van der Waals surface area contributed by atoms with Gasteiger partial charge in [0.15, 0.2) is 6.61 Å². The second-order valence-corrected chi connectivity index (χ2v) is 3.11. The van der Waals surface area contributed by atoms with E-state index in [1.165, 1.54) is 6.07 Å². The van der Waals surface area contributed by atoms with Crippen molar-refractivity contribution in [1.29, 1.82) is 0 Å². The van der Waals surface area contributed by atoms with Gasteiger partial charge in [0.1, 0.15) is 17.9 Å². The van der Waals surface area contributed by atoms with Gasteiger partial charge in [0.25, 0.3) is 5.91 Å². The fourth-order valence-electron chi connectivity index (χ4n) is 1.09. The summed E-state index contributed by atoms with van der Waals surface area (Å²) >= 11 is 0. The van der Waals surface area contributed by atoms with Crippen molar-refractivity contribution in [1.82, 2.24) is 5.32 Å². The molecule has 0 aromatic heterocycles. The lowest BCUT2D eigenvalue weighted by molar-refractivity contribution is -0.122. The number of carbonyl (C=O) groups excluding carboxylic acids is 2. The van der Waals surface area contributed by atoms with Crippen LogP contribution in [0.15, 0.2) is 18.2 Å². The number of carbonyl (C=O) groups is 2. The Balaban J connectivity index is 2.57. The summed E-state index contributed by atoms with van der Waals surface area (Å²) in [5.41, 5.74) is 0.143. The predicted octanol–water partition coefficient (Wildman–Crippen LogP) is 0.766. The molecule has 0 spiro atoms. The van der Waals surface area contributed by atoms with Gasteiger partial charge in [0.2, 0.25) is 0 Å². The van der Waals surface area contributed by atoms with Gasteiger partial charge in [-0.25, -0.2) is 4.39 Å². The summed E-state index contributed by atoms with van der Waals surface area (Å²) in [6, 6.07) is 3.49. The molecule has 0 aliphatic rings. The van der Waals surface area contributed by atoms with Crippen molar-refractivity contribution >= 4 is 12.2 Å². The van der Waals surface area contributed by atoms with Crippen LogP contribution in [0.1, 0.15) is 10.4 Å². The maximum atomic E-state index is 13.0. The molecule has 5 heteroatoms. The molecule has 0 radical (unpaired) electrons. The molecule has 1 rings (SSSR count). The van der Waals surface area contributed by atoms with E-state index in [1.807, 2.05) is 0 Å². The second-order valence-electron chi connectivity index (χ2n) is 3.11. The monoisotopic (exact) mass is 235 g/mol. The molecule has 0 atom stereocenters. The molecule has 1 aromatic carbocycles. The van der Waals surface area contributed by atoms with E-state index in [0.717, 1.165) is 12.1 Å². The molecule has 1 aromatic rings. The van der Waals surface area contributed by atoms with Crippen molar-refractivity contribution < 1.29 is 18.7 Å². The van der Waals surface area contributed by atoms with E-state index in [9.17, 15) is 14.0 Å². The Morgan fingerprint density at radius 3 is 2.94 bits per heavy atom. The summed E-state index contributed by atoms with van der Waals surface area (Å²) in [4.78, 5) is 21.6. The molecule has 0 unspecified atom stereocenters. The SMILES string of the molecule is C#CCNC(=O)COc1cc(F)cc(C=O)c1. The molecule has 0 aliphatic heterocycles. The minimum Gasteiger partial charge on any atom is -0.484 e. The van der Waals surface area contributed by atoms with Crippen LogP contribution in [0.3, 0.4) is 0 Å². The highest BCUT2D eigenvalue weighted by atomic mass is 19.1. The number of aldehydes is 1. The van der Waals surface area contributed by atoms with Crippen molar-refractivity contribution in [3.63, 3.8) is 0 Å².